The van der Waals surface area contributed by atoms with Gasteiger partial charge in [0.15, 0.2) is 11.5 Å². The van der Waals surface area contributed by atoms with Crippen molar-refractivity contribution in [2.75, 3.05) is 11.2 Å². The summed E-state index contributed by atoms with van der Waals surface area (Å²) in [6.07, 6.45) is 0. The lowest BCUT2D eigenvalue weighted by atomic mass is 10.2. The molecule has 2 rings (SSSR count). The van der Waals surface area contributed by atoms with E-state index in [1.54, 1.807) is 13.0 Å². The van der Waals surface area contributed by atoms with Crippen LogP contribution in [0.25, 0.3) is 11.1 Å². The second-order valence-electron chi connectivity index (χ2n) is 4.93. The molecule has 5 heteroatoms. The first-order chi connectivity index (χ1) is 9.01. The number of oxazole rings is 1. The van der Waals surface area contributed by atoms with Crippen molar-refractivity contribution in [1.29, 1.82) is 0 Å². The van der Waals surface area contributed by atoms with Crippen LogP contribution in [0, 0.1) is 5.92 Å². The molecule has 4 nitrogen and oxygen atoms in total. The molecule has 1 amide bonds. The standard InChI is InChI=1S/C14H17ClN2O2/c1-8(2)14-17-11-6-10(4-5-12(11)19-14)16-13(18)9(3)7-15/h4-6,8-9H,7H2,1-3H3,(H,16,18). The highest BCUT2D eigenvalue weighted by Gasteiger charge is 2.13. The van der Waals surface area contributed by atoms with Gasteiger partial charge < -0.3 is 9.73 Å². The van der Waals surface area contributed by atoms with Gasteiger partial charge in [-0.1, -0.05) is 20.8 Å². The second kappa shape index (κ2) is 5.61. The number of amides is 1. The summed E-state index contributed by atoms with van der Waals surface area (Å²) >= 11 is 5.66. The average Bonchev–Trinajstić information content (AvgIpc) is 2.81. The maximum absolute atomic E-state index is 11.8. The molecule has 1 unspecified atom stereocenters. The summed E-state index contributed by atoms with van der Waals surface area (Å²) in [5.74, 6) is 0.923. The third-order valence-electron chi connectivity index (χ3n) is 2.84. The molecule has 19 heavy (non-hydrogen) atoms. The number of nitrogens with one attached hydrogen (secondary N) is 1. The number of carbonyl (C=O) groups is 1. The summed E-state index contributed by atoms with van der Waals surface area (Å²) in [7, 11) is 0. The highest BCUT2D eigenvalue weighted by Crippen LogP contribution is 2.24. The number of hydrogen-bond donors (Lipinski definition) is 1. The van der Waals surface area contributed by atoms with E-state index in [1.807, 2.05) is 26.0 Å². The second-order valence-corrected chi connectivity index (χ2v) is 5.24. The van der Waals surface area contributed by atoms with Crippen LogP contribution in [-0.4, -0.2) is 16.8 Å². The molecule has 1 aromatic heterocycles. The molecule has 0 spiro atoms. The highest BCUT2D eigenvalue weighted by atomic mass is 35.5. The van der Waals surface area contributed by atoms with E-state index >= 15 is 0 Å². The number of fused-ring (bicyclic) bond motifs is 1. The molecule has 0 aliphatic heterocycles. The van der Waals surface area contributed by atoms with E-state index in [0.29, 0.717) is 17.5 Å². The number of nitrogens with zero attached hydrogens (tertiary/aromatic N) is 1. The molecule has 0 saturated carbocycles. The van der Waals surface area contributed by atoms with E-state index in [4.69, 9.17) is 16.0 Å². The van der Waals surface area contributed by atoms with Gasteiger partial charge in [-0.2, -0.15) is 0 Å². The van der Waals surface area contributed by atoms with Gasteiger partial charge in [0.05, 0.1) is 0 Å². The molecule has 1 atom stereocenters. The Labute approximate surface area is 117 Å². The Morgan fingerprint density at radius 2 is 2.16 bits per heavy atom. The normalized spacial score (nSPS) is 12.9. The van der Waals surface area contributed by atoms with Crippen LogP contribution in [0.4, 0.5) is 5.69 Å². The fourth-order valence-electron chi connectivity index (χ4n) is 1.61. The average molecular weight is 281 g/mol. The fraction of sp³-hybridized carbons (Fsp3) is 0.429. The van der Waals surface area contributed by atoms with Crippen molar-refractivity contribution in [1.82, 2.24) is 4.98 Å². The van der Waals surface area contributed by atoms with Gasteiger partial charge in [-0.05, 0) is 18.2 Å². The Morgan fingerprint density at radius 1 is 1.42 bits per heavy atom. The Hall–Kier alpha value is -1.55. The molecule has 0 aliphatic rings. The number of aromatic nitrogens is 1. The van der Waals surface area contributed by atoms with Crippen molar-refractivity contribution >= 4 is 34.3 Å². The summed E-state index contributed by atoms with van der Waals surface area (Å²) < 4.78 is 5.61. The van der Waals surface area contributed by atoms with E-state index in [-0.39, 0.29) is 17.7 Å². The zero-order chi connectivity index (χ0) is 14.0. The van der Waals surface area contributed by atoms with E-state index in [2.05, 4.69) is 10.3 Å². The monoisotopic (exact) mass is 280 g/mol. The van der Waals surface area contributed by atoms with Gasteiger partial charge in [0.25, 0.3) is 0 Å². The van der Waals surface area contributed by atoms with Gasteiger partial charge >= 0.3 is 0 Å². The van der Waals surface area contributed by atoms with Crippen LogP contribution in [0.3, 0.4) is 0 Å². The molecular weight excluding hydrogens is 264 g/mol. The molecule has 0 radical (unpaired) electrons. The van der Waals surface area contributed by atoms with Crippen LogP contribution in [-0.2, 0) is 4.79 Å². The minimum absolute atomic E-state index is 0.0954. The number of benzene rings is 1. The van der Waals surface area contributed by atoms with Crippen LogP contribution < -0.4 is 5.32 Å². The van der Waals surface area contributed by atoms with Crippen molar-refractivity contribution < 1.29 is 9.21 Å². The number of carbonyl (C=O) groups excluding carboxylic acids is 1. The van der Waals surface area contributed by atoms with Crippen molar-refractivity contribution in [3.05, 3.63) is 24.1 Å². The van der Waals surface area contributed by atoms with Crippen LogP contribution in [0.15, 0.2) is 22.6 Å². The lowest BCUT2D eigenvalue weighted by Gasteiger charge is -2.08. The smallest absolute Gasteiger partial charge is 0.228 e. The summed E-state index contributed by atoms with van der Waals surface area (Å²) in [5, 5.41) is 2.82. The number of anilines is 1. The third-order valence-corrected chi connectivity index (χ3v) is 3.31. The SMILES string of the molecule is CC(CCl)C(=O)Nc1ccc2oc(C(C)C)nc2c1. The third kappa shape index (κ3) is 3.07. The van der Waals surface area contributed by atoms with Crippen molar-refractivity contribution in [3.8, 4) is 0 Å². The number of halogens is 1. The topological polar surface area (TPSA) is 55.1 Å². The number of alkyl halides is 1. The quantitative estimate of drug-likeness (QED) is 0.868. The predicted octanol–water partition coefficient (Wildman–Crippen LogP) is 3.76. The lowest BCUT2D eigenvalue weighted by molar-refractivity contribution is -0.118. The minimum Gasteiger partial charge on any atom is -0.440 e. The maximum Gasteiger partial charge on any atom is 0.228 e. The zero-order valence-corrected chi connectivity index (χ0v) is 12.0. The Morgan fingerprint density at radius 3 is 2.79 bits per heavy atom. The van der Waals surface area contributed by atoms with Crippen molar-refractivity contribution in [3.63, 3.8) is 0 Å². The van der Waals surface area contributed by atoms with Gasteiger partial charge in [0.1, 0.15) is 5.52 Å². The molecule has 0 saturated heterocycles. The first-order valence-electron chi connectivity index (χ1n) is 6.28. The molecule has 0 aliphatic carbocycles. The van der Waals surface area contributed by atoms with E-state index in [0.717, 1.165) is 11.1 Å². The van der Waals surface area contributed by atoms with E-state index in [9.17, 15) is 4.79 Å². The van der Waals surface area contributed by atoms with Gasteiger partial charge in [0, 0.05) is 23.4 Å². The summed E-state index contributed by atoms with van der Waals surface area (Å²) in [6, 6.07) is 5.43. The summed E-state index contributed by atoms with van der Waals surface area (Å²) in [6.45, 7) is 5.83. The highest BCUT2D eigenvalue weighted by molar-refractivity contribution is 6.19. The van der Waals surface area contributed by atoms with Gasteiger partial charge in [-0.3, -0.25) is 4.79 Å². The van der Waals surface area contributed by atoms with Crippen LogP contribution in [0.2, 0.25) is 0 Å². The Bertz CT molecular complexity index is 592. The van der Waals surface area contributed by atoms with Gasteiger partial charge in [-0.25, -0.2) is 4.98 Å². The first kappa shape index (κ1) is 13.9. The molecule has 0 fully saturated rings. The van der Waals surface area contributed by atoms with Crippen molar-refractivity contribution in [2.24, 2.45) is 5.92 Å². The van der Waals surface area contributed by atoms with Crippen LogP contribution in [0.1, 0.15) is 32.6 Å². The number of hydrogen-bond acceptors (Lipinski definition) is 3. The Balaban J connectivity index is 2.24. The van der Waals surface area contributed by atoms with Crippen molar-refractivity contribution in [2.45, 2.75) is 26.7 Å². The van der Waals surface area contributed by atoms with E-state index < -0.39 is 0 Å². The molecule has 2 aromatic rings. The summed E-state index contributed by atoms with van der Waals surface area (Å²) in [4.78, 5) is 16.2. The first-order valence-corrected chi connectivity index (χ1v) is 6.82. The molecule has 1 aromatic carbocycles. The Kier molecular flexibility index (Phi) is 4.10. The van der Waals surface area contributed by atoms with Gasteiger partial charge in [-0.15, -0.1) is 11.6 Å². The van der Waals surface area contributed by atoms with E-state index in [1.165, 1.54) is 0 Å². The lowest BCUT2D eigenvalue weighted by Crippen LogP contribution is -2.21. The van der Waals surface area contributed by atoms with Crippen LogP contribution >= 0.6 is 11.6 Å². The minimum atomic E-state index is -0.221. The van der Waals surface area contributed by atoms with Crippen LogP contribution in [0.5, 0.6) is 0 Å². The van der Waals surface area contributed by atoms with Gasteiger partial charge in [0.2, 0.25) is 5.91 Å². The molecule has 0 bridgehead atoms. The molecule has 102 valence electrons. The number of rotatable bonds is 4. The predicted molar refractivity (Wildman–Crippen MR) is 76.6 cm³/mol. The molecule has 1 N–H and O–H groups in total. The summed E-state index contributed by atoms with van der Waals surface area (Å²) in [5.41, 5.74) is 2.19. The largest absolute Gasteiger partial charge is 0.440 e. The fourth-order valence-corrected chi connectivity index (χ4v) is 1.75. The maximum atomic E-state index is 11.8. The molecular formula is C14H17ClN2O2. The zero-order valence-electron chi connectivity index (χ0n) is 11.2. The molecule has 1 heterocycles.